The highest BCUT2D eigenvalue weighted by Crippen LogP contribution is 2.50. The molecule has 0 fully saturated rings. The lowest BCUT2D eigenvalue weighted by Gasteiger charge is -2.34. The highest BCUT2D eigenvalue weighted by atomic mass is 31.2. The number of hydrogen-bond donors (Lipinski definition) is 0. The summed E-state index contributed by atoms with van der Waals surface area (Å²) in [5.41, 5.74) is 2.67. The Labute approximate surface area is 81.4 Å². The van der Waals surface area contributed by atoms with Crippen LogP contribution in [0, 0.1) is 0 Å². The first-order valence-electron chi connectivity index (χ1n) is 4.87. The minimum Gasteiger partial charge on any atom is -0.532 e. The van der Waals surface area contributed by atoms with Gasteiger partial charge in [-0.2, -0.15) is 11.6 Å². The monoisotopic (exact) mass is 205 g/mol. The zero-order chi connectivity index (χ0) is 9.72. The maximum Gasteiger partial charge on any atom is -0.0285 e. The van der Waals surface area contributed by atoms with E-state index >= 15 is 0 Å². The van der Waals surface area contributed by atoms with E-state index in [9.17, 15) is 0 Å². The molecule has 0 saturated heterocycles. The van der Waals surface area contributed by atoms with Gasteiger partial charge in [0.15, 0.2) is 0 Å². The fraction of sp³-hybridized carbons (Fsp3) is 1.00. The summed E-state index contributed by atoms with van der Waals surface area (Å²) in [7, 11) is 1.93. The maximum absolute atomic E-state index is 2.38. The average molecular weight is 205 g/mol. The molecule has 12 heavy (non-hydrogen) atoms. The molecule has 0 aliphatic rings. The maximum atomic E-state index is 2.38. The van der Waals surface area contributed by atoms with Crippen LogP contribution in [0.5, 0.6) is 0 Å². The van der Waals surface area contributed by atoms with Crippen LogP contribution in [0.4, 0.5) is 0 Å². The first-order chi connectivity index (χ1) is 5.45. The fourth-order valence-corrected chi connectivity index (χ4v) is 7.05. The molecule has 0 nitrogen and oxygen atoms in total. The van der Waals surface area contributed by atoms with Gasteiger partial charge in [0.1, 0.15) is 0 Å². The summed E-state index contributed by atoms with van der Waals surface area (Å²) in [5, 5.41) is 0. The third-order valence-corrected chi connectivity index (χ3v) is 7.28. The Kier molecular flexibility index (Phi) is 6.79. The Morgan fingerprint density at radius 1 is 0.917 bits per heavy atom. The van der Waals surface area contributed by atoms with Crippen LogP contribution in [0.25, 0.3) is 0 Å². The second-order valence-corrected chi connectivity index (χ2v) is 9.74. The SMILES string of the molecule is CC(C)[P-]CP(C(C)C)C(C)C. The van der Waals surface area contributed by atoms with E-state index in [4.69, 9.17) is 0 Å². The van der Waals surface area contributed by atoms with Crippen LogP contribution >= 0.6 is 16.5 Å². The van der Waals surface area contributed by atoms with Gasteiger partial charge in [0.05, 0.1) is 0 Å². The molecule has 0 bridgehead atoms. The van der Waals surface area contributed by atoms with Gasteiger partial charge in [0, 0.05) is 0 Å². The van der Waals surface area contributed by atoms with E-state index in [-0.39, 0.29) is 7.92 Å². The van der Waals surface area contributed by atoms with Crippen molar-refractivity contribution in [2.75, 3.05) is 5.90 Å². The summed E-state index contributed by atoms with van der Waals surface area (Å²) in [6, 6.07) is 0. The molecule has 0 aliphatic carbocycles. The first kappa shape index (κ1) is 12.9. The third kappa shape index (κ3) is 5.50. The van der Waals surface area contributed by atoms with Crippen molar-refractivity contribution in [3.8, 4) is 0 Å². The Hall–Kier alpha value is 0.860. The van der Waals surface area contributed by atoms with Gasteiger partial charge in [-0.1, -0.05) is 41.5 Å². The third-order valence-electron chi connectivity index (χ3n) is 1.94. The number of rotatable bonds is 5. The predicted octanol–water partition coefficient (Wildman–Crippen LogP) is 4.60. The van der Waals surface area contributed by atoms with Gasteiger partial charge < -0.3 is 8.58 Å². The van der Waals surface area contributed by atoms with Gasteiger partial charge in [0.2, 0.25) is 0 Å². The van der Waals surface area contributed by atoms with Crippen molar-refractivity contribution in [2.45, 2.75) is 58.5 Å². The van der Waals surface area contributed by atoms with Crippen LogP contribution in [-0.2, 0) is 0 Å². The van der Waals surface area contributed by atoms with Gasteiger partial charge in [-0.15, -0.1) is 7.92 Å². The van der Waals surface area contributed by atoms with Crippen molar-refractivity contribution in [2.24, 2.45) is 0 Å². The summed E-state index contributed by atoms with van der Waals surface area (Å²) in [6.45, 7) is 14.1. The standard InChI is InChI=1S/C10H23P2/c1-8(2)11-7-12(9(3)4)10(5)6/h8-10H,7H2,1-6H3/q-1. The molecule has 0 aliphatic heterocycles. The van der Waals surface area contributed by atoms with Crippen molar-refractivity contribution in [1.29, 1.82) is 0 Å². The van der Waals surface area contributed by atoms with Crippen LogP contribution in [0.1, 0.15) is 41.5 Å². The van der Waals surface area contributed by atoms with Crippen molar-refractivity contribution in [3.63, 3.8) is 0 Å². The molecule has 0 heterocycles. The van der Waals surface area contributed by atoms with Gasteiger partial charge in [-0.05, 0) is 11.3 Å². The van der Waals surface area contributed by atoms with E-state index in [0.717, 1.165) is 17.0 Å². The van der Waals surface area contributed by atoms with Gasteiger partial charge in [-0.25, -0.2) is 0 Å². The van der Waals surface area contributed by atoms with Crippen molar-refractivity contribution in [3.05, 3.63) is 0 Å². The summed E-state index contributed by atoms with van der Waals surface area (Å²) >= 11 is 0. The highest BCUT2D eigenvalue weighted by molar-refractivity contribution is 7.68. The average Bonchev–Trinajstić information content (AvgIpc) is 1.84. The lowest BCUT2D eigenvalue weighted by molar-refractivity contribution is 1.01. The van der Waals surface area contributed by atoms with Crippen LogP contribution in [0.15, 0.2) is 0 Å². The molecule has 74 valence electrons. The van der Waals surface area contributed by atoms with Crippen LogP contribution in [0.3, 0.4) is 0 Å². The predicted molar refractivity (Wildman–Crippen MR) is 64.1 cm³/mol. The molecule has 2 heteroatoms. The Morgan fingerprint density at radius 3 is 1.58 bits per heavy atom. The normalized spacial score (nSPS) is 13.5. The summed E-state index contributed by atoms with van der Waals surface area (Å²) < 4.78 is 0. The Morgan fingerprint density at radius 2 is 1.33 bits per heavy atom. The van der Waals surface area contributed by atoms with Crippen molar-refractivity contribution in [1.82, 2.24) is 0 Å². The molecule has 0 radical (unpaired) electrons. The first-order valence-corrected chi connectivity index (χ1v) is 7.69. The quantitative estimate of drug-likeness (QED) is 0.575. The zero-order valence-corrected chi connectivity index (χ0v) is 11.1. The minimum absolute atomic E-state index is 0.276. The molecule has 0 saturated carbocycles. The van der Waals surface area contributed by atoms with Crippen LogP contribution in [-0.4, -0.2) is 22.9 Å². The Bertz CT molecular complexity index is 100. The van der Waals surface area contributed by atoms with E-state index in [2.05, 4.69) is 41.5 Å². The molecule has 0 aromatic heterocycles. The zero-order valence-electron chi connectivity index (χ0n) is 9.33. The summed E-state index contributed by atoms with van der Waals surface area (Å²) in [4.78, 5) is 0. The molecule has 0 atom stereocenters. The van der Waals surface area contributed by atoms with Gasteiger partial charge >= 0.3 is 0 Å². The summed E-state index contributed by atoms with van der Waals surface area (Å²) in [5.74, 6) is 1.45. The van der Waals surface area contributed by atoms with E-state index in [1.165, 1.54) is 5.90 Å². The van der Waals surface area contributed by atoms with Crippen molar-refractivity contribution >= 4 is 16.5 Å². The minimum atomic E-state index is 0.276. The molecular weight excluding hydrogens is 182 g/mol. The van der Waals surface area contributed by atoms with E-state index in [0.29, 0.717) is 0 Å². The van der Waals surface area contributed by atoms with Crippen molar-refractivity contribution < 1.29 is 0 Å². The molecule has 0 unspecified atom stereocenters. The van der Waals surface area contributed by atoms with E-state index < -0.39 is 0 Å². The molecule has 0 N–H and O–H groups in total. The van der Waals surface area contributed by atoms with E-state index in [1.807, 2.05) is 0 Å². The molecule has 0 aromatic rings. The molecule has 0 rings (SSSR count). The second-order valence-electron chi connectivity index (χ2n) is 4.12. The van der Waals surface area contributed by atoms with Gasteiger partial charge in [0.25, 0.3) is 0 Å². The molecule has 0 aromatic carbocycles. The highest BCUT2D eigenvalue weighted by Gasteiger charge is 2.11. The second kappa shape index (κ2) is 6.33. The van der Waals surface area contributed by atoms with Gasteiger partial charge in [-0.3, -0.25) is 0 Å². The molecule has 0 spiro atoms. The Balaban J connectivity index is 3.80. The lowest BCUT2D eigenvalue weighted by atomic mass is 10.5. The van der Waals surface area contributed by atoms with E-state index in [1.54, 1.807) is 8.58 Å². The number of hydrogen-bond acceptors (Lipinski definition) is 0. The fourth-order valence-electron chi connectivity index (χ4n) is 1.18. The van der Waals surface area contributed by atoms with Crippen LogP contribution in [0.2, 0.25) is 0 Å². The summed E-state index contributed by atoms with van der Waals surface area (Å²) in [6.07, 6.45) is 0. The molecular formula is C10H23P2-. The lowest BCUT2D eigenvalue weighted by Crippen LogP contribution is -2.05. The molecule has 0 amide bonds. The topological polar surface area (TPSA) is 0 Å². The largest absolute Gasteiger partial charge is 0.532 e. The smallest absolute Gasteiger partial charge is 0.0285 e. The van der Waals surface area contributed by atoms with Crippen LogP contribution < -0.4 is 0 Å².